The number of rotatable bonds is 7. The molecule has 46 heavy (non-hydrogen) atoms. The maximum atomic E-state index is 14.1. The second kappa shape index (κ2) is 12.0. The van der Waals surface area contributed by atoms with Crippen LogP contribution in [0.4, 0.5) is 24.5 Å². The van der Waals surface area contributed by atoms with E-state index in [4.69, 9.17) is 4.74 Å². The predicted octanol–water partition coefficient (Wildman–Crippen LogP) is 5.78. The number of fused-ring (bicyclic) bond motifs is 2. The van der Waals surface area contributed by atoms with Gasteiger partial charge in [0.1, 0.15) is 11.8 Å². The van der Waals surface area contributed by atoms with Gasteiger partial charge in [0.2, 0.25) is 17.7 Å². The number of thioether (sulfide) groups is 1. The van der Waals surface area contributed by atoms with Crippen molar-refractivity contribution in [1.82, 2.24) is 4.57 Å². The topological polar surface area (TPSA) is 118 Å². The summed E-state index contributed by atoms with van der Waals surface area (Å²) in [7, 11) is 0. The summed E-state index contributed by atoms with van der Waals surface area (Å²) in [5, 5.41) is 12.1. The minimum absolute atomic E-state index is 0.0968. The average Bonchev–Trinajstić information content (AvgIpc) is 3.45. The number of phenols is 1. The lowest BCUT2D eigenvalue weighted by Crippen LogP contribution is -2.33. The lowest BCUT2D eigenvalue weighted by atomic mass is 9.83. The number of aryl methyl sites for hydroxylation is 1. The summed E-state index contributed by atoms with van der Waals surface area (Å²) in [5.74, 6) is -3.38. The highest BCUT2D eigenvalue weighted by Crippen LogP contribution is 2.54. The number of anilines is 2. The average molecular weight is 670 g/mol. The van der Waals surface area contributed by atoms with E-state index in [2.05, 4.69) is 5.32 Å². The largest absolute Gasteiger partial charge is 0.504 e. The number of phenolic OH excluding ortho intramolecular Hbond substituents is 1. The molecule has 2 N–H and O–H groups in total. The molecule has 1 aromatic heterocycles. The summed E-state index contributed by atoms with van der Waals surface area (Å²) in [6, 6.07) is 15.7. The summed E-state index contributed by atoms with van der Waals surface area (Å²) < 4.78 is 46.4. The quantitative estimate of drug-likeness (QED) is 0.240. The Morgan fingerprint density at radius 1 is 1.02 bits per heavy atom. The molecule has 1 fully saturated rings. The molecule has 3 atom stereocenters. The summed E-state index contributed by atoms with van der Waals surface area (Å²) >= 11 is 1.83. The lowest BCUT2D eigenvalue weighted by molar-refractivity contribution is -0.137. The van der Waals surface area contributed by atoms with E-state index in [0.29, 0.717) is 21.2 Å². The third-order valence-corrected chi connectivity index (χ3v) is 10.4. The Morgan fingerprint density at radius 2 is 1.76 bits per heavy atom. The van der Waals surface area contributed by atoms with E-state index in [1.54, 1.807) is 43.3 Å². The smallest absolute Gasteiger partial charge is 0.416 e. The zero-order valence-electron chi connectivity index (χ0n) is 24.3. The van der Waals surface area contributed by atoms with Crippen LogP contribution in [-0.4, -0.2) is 39.3 Å². The molecule has 1 saturated heterocycles. The molecular weight excluding hydrogens is 643 g/mol. The first-order chi connectivity index (χ1) is 21.9. The fourth-order valence-electron chi connectivity index (χ4n) is 5.68. The van der Waals surface area contributed by atoms with Gasteiger partial charge in [0.25, 0.3) is 0 Å². The van der Waals surface area contributed by atoms with Crippen LogP contribution in [0.25, 0.3) is 0 Å². The van der Waals surface area contributed by atoms with Crippen molar-refractivity contribution in [3.05, 3.63) is 98.0 Å². The molecule has 4 aromatic rings. The number of alkyl halides is 3. The Kier molecular flexibility index (Phi) is 8.19. The highest BCUT2D eigenvalue weighted by atomic mass is 32.2. The maximum Gasteiger partial charge on any atom is 0.416 e. The standard InChI is InChI=1S/C32H26F3N3O6S2/c1-3-44-22-13-17(9-12-21(22)39)24-25-26(29(42)38(28(25)41)20-10-7-16(2)8-11-20)45-30-27(24)46-31(43)37(30)15-23(40)36-19-6-4-5-18(14-19)32(33,34)35/h4-14,24-26,39H,3,15H2,1-2H3,(H,36,40). The molecule has 238 valence electrons. The van der Waals surface area contributed by atoms with Crippen molar-refractivity contribution in [3.8, 4) is 11.5 Å². The molecule has 3 aromatic carbocycles. The van der Waals surface area contributed by atoms with Crippen LogP contribution in [0, 0.1) is 12.8 Å². The third kappa shape index (κ3) is 5.66. The fourth-order valence-corrected chi connectivity index (χ4v) is 8.45. The first-order valence-corrected chi connectivity index (χ1v) is 15.8. The van der Waals surface area contributed by atoms with Crippen LogP contribution in [0.1, 0.15) is 34.4 Å². The fraction of sp³-hybridized carbons (Fsp3) is 0.250. The van der Waals surface area contributed by atoms with Crippen molar-refractivity contribution in [1.29, 1.82) is 0 Å². The van der Waals surface area contributed by atoms with E-state index in [0.717, 1.165) is 51.8 Å². The van der Waals surface area contributed by atoms with E-state index in [1.165, 1.54) is 16.7 Å². The Balaban J connectivity index is 1.41. The van der Waals surface area contributed by atoms with Crippen LogP contribution in [-0.2, 0) is 27.1 Å². The van der Waals surface area contributed by atoms with Gasteiger partial charge in [-0.3, -0.25) is 23.7 Å². The summed E-state index contributed by atoms with van der Waals surface area (Å²) in [6.07, 6.45) is -4.61. The molecule has 0 radical (unpaired) electrons. The van der Waals surface area contributed by atoms with Gasteiger partial charge in [-0.15, -0.1) is 0 Å². The highest BCUT2D eigenvalue weighted by Gasteiger charge is 2.57. The van der Waals surface area contributed by atoms with Crippen LogP contribution in [0.3, 0.4) is 0 Å². The number of aromatic nitrogens is 1. The summed E-state index contributed by atoms with van der Waals surface area (Å²) in [5.41, 5.74) is 0.820. The molecule has 0 spiro atoms. The van der Waals surface area contributed by atoms with Crippen LogP contribution in [0.5, 0.6) is 11.5 Å². The number of carbonyl (C=O) groups excluding carboxylic acids is 3. The summed E-state index contributed by atoms with van der Waals surface area (Å²) in [6.45, 7) is 3.33. The van der Waals surface area contributed by atoms with Gasteiger partial charge in [-0.05, 0) is 61.9 Å². The van der Waals surface area contributed by atoms with Gasteiger partial charge in [-0.2, -0.15) is 13.2 Å². The highest BCUT2D eigenvalue weighted by molar-refractivity contribution is 8.00. The third-order valence-electron chi connectivity index (χ3n) is 7.76. The number of carbonyl (C=O) groups is 3. The normalized spacial score (nSPS) is 19.2. The molecule has 14 heteroatoms. The van der Waals surface area contributed by atoms with Gasteiger partial charge in [0.05, 0.1) is 28.8 Å². The number of halogens is 3. The molecule has 3 heterocycles. The van der Waals surface area contributed by atoms with Crippen molar-refractivity contribution in [2.45, 2.75) is 42.8 Å². The summed E-state index contributed by atoms with van der Waals surface area (Å²) in [4.78, 5) is 55.4. The molecule has 6 rings (SSSR count). The molecule has 3 unspecified atom stereocenters. The van der Waals surface area contributed by atoms with Crippen molar-refractivity contribution in [2.24, 2.45) is 5.92 Å². The maximum absolute atomic E-state index is 14.1. The number of nitrogens with zero attached hydrogens (tertiary/aromatic N) is 2. The van der Waals surface area contributed by atoms with Crippen LogP contribution in [0.2, 0.25) is 0 Å². The number of amides is 3. The van der Waals surface area contributed by atoms with Crippen LogP contribution < -0.4 is 19.8 Å². The number of aromatic hydroxyl groups is 1. The van der Waals surface area contributed by atoms with E-state index < -0.39 is 58.0 Å². The van der Waals surface area contributed by atoms with Gasteiger partial charge < -0.3 is 15.2 Å². The number of benzene rings is 3. The molecule has 0 aliphatic carbocycles. The van der Waals surface area contributed by atoms with Crippen LogP contribution >= 0.6 is 23.1 Å². The Labute approximate surface area is 268 Å². The number of imide groups is 1. The minimum Gasteiger partial charge on any atom is -0.504 e. The van der Waals surface area contributed by atoms with E-state index in [1.807, 2.05) is 6.92 Å². The SMILES string of the molecule is CCOc1cc(C2c3sc(=O)n(CC(=O)Nc4cccc(C(F)(F)F)c4)c3SC3C(=O)N(c4ccc(C)cc4)C(=O)C32)ccc1O. The van der Waals surface area contributed by atoms with Crippen LogP contribution in [0.15, 0.2) is 76.6 Å². The van der Waals surface area contributed by atoms with Crippen molar-refractivity contribution in [3.63, 3.8) is 0 Å². The Hall–Kier alpha value is -4.56. The molecule has 2 aliphatic rings. The number of thiazole rings is 1. The molecule has 2 aliphatic heterocycles. The first-order valence-electron chi connectivity index (χ1n) is 14.1. The van der Waals surface area contributed by atoms with Gasteiger partial charge >= 0.3 is 11.0 Å². The number of ether oxygens (including phenoxy) is 1. The van der Waals surface area contributed by atoms with E-state index in [9.17, 15) is 37.5 Å². The second-order valence-electron chi connectivity index (χ2n) is 10.8. The van der Waals surface area contributed by atoms with E-state index in [-0.39, 0.29) is 23.8 Å². The molecule has 3 amide bonds. The monoisotopic (exact) mass is 669 g/mol. The zero-order valence-corrected chi connectivity index (χ0v) is 26.0. The number of hydrogen-bond acceptors (Lipinski definition) is 8. The number of nitrogens with one attached hydrogen (secondary N) is 1. The van der Waals surface area contributed by atoms with Crippen molar-refractivity contribution < 1.29 is 37.4 Å². The van der Waals surface area contributed by atoms with Gasteiger partial charge in [-0.25, -0.2) is 4.90 Å². The first kappa shape index (κ1) is 31.4. The Bertz CT molecular complexity index is 1920. The van der Waals surface area contributed by atoms with Crippen molar-refractivity contribution >= 4 is 52.2 Å². The van der Waals surface area contributed by atoms with Gasteiger partial charge in [0.15, 0.2) is 11.5 Å². The predicted molar refractivity (Wildman–Crippen MR) is 167 cm³/mol. The molecule has 9 nitrogen and oxygen atoms in total. The lowest BCUT2D eigenvalue weighted by Gasteiger charge is -2.31. The van der Waals surface area contributed by atoms with Crippen molar-refractivity contribution in [2.75, 3.05) is 16.8 Å². The molecule has 0 saturated carbocycles. The zero-order chi connectivity index (χ0) is 32.9. The van der Waals surface area contributed by atoms with E-state index >= 15 is 0 Å². The molecular formula is C32H26F3N3O6S2. The van der Waals surface area contributed by atoms with Gasteiger partial charge in [-0.1, -0.05) is 52.9 Å². The Morgan fingerprint density at radius 3 is 2.46 bits per heavy atom. The van der Waals surface area contributed by atoms with Gasteiger partial charge in [0, 0.05) is 16.5 Å². The number of hydrogen-bond donors (Lipinski definition) is 2. The minimum atomic E-state index is -4.61. The second-order valence-corrected chi connectivity index (χ2v) is 12.9. The molecule has 0 bridgehead atoms.